The highest BCUT2D eigenvalue weighted by Gasteiger charge is 2.34. The number of methoxy groups -OCH3 is 4. The summed E-state index contributed by atoms with van der Waals surface area (Å²) in [6.45, 7) is 21.8. The van der Waals surface area contributed by atoms with Gasteiger partial charge in [0.25, 0.3) is 0 Å². The van der Waals surface area contributed by atoms with Crippen molar-refractivity contribution in [2.75, 3.05) is 111 Å². The zero-order chi connectivity index (χ0) is 52.3. The summed E-state index contributed by atoms with van der Waals surface area (Å²) < 4.78 is 21.1. The summed E-state index contributed by atoms with van der Waals surface area (Å²) in [4.78, 5) is 8.83. The lowest BCUT2D eigenvalue weighted by Gasteiger charge is -2.35. The molecule has 9 nitrogen and oxygen atoms in total. The number of hydrogen-bond donors (Lipinski definition) is 1. The molecule has 7 atom stereocenters. The van der Waals surface area contributed by atoms with Crippen LogP contribution in [0.25, 0.3) is 5.57 Å². The first-order chi connectivity index (χ1) is 32.7. The highest BCUT2D eigenvalue weighted by molar-refractivity contribution is 5.68. The summed E-state index contributed by atoms with van der Waals surface area (Å²) >= 11 is 0. The fraction of sp³-hybridized carbons (Fsp3) is 0.567. The number of hydrogen-bond acceptors (Lipinski definition) is 9. The van der Waals surface area contributed by atoms with Crippen molar-refractivity contribution in [3.63, 3.8) is 0 Å². The van der Waals surface area contributed by atoms with E-state index in [2.05, 4.69) is 165 Å². The molecule has 0 aliphatic carbocycles. The van der Waals surface area contributed by atoms with Gasteiger partial charge in [-0.1, -0.05) is 103 Å². The van der Waals surface area contributed by atoms with Gasteiger partial charge in [0.05, 0.1) is 34.0 Å². The Balaban J connectivity index is 0.000000903. The molecule has 0 fully saturated rings. The minimum atomic E-state index is -0.807. The molecular formula is C60H100N4O5. The Kier molecular flexibility index (Phi) is 30.2. The second kappa shape index (κ2) is 33.2. The predicted octanol–water partition coefficient (Wildman–Crippen LogP) is 12.8. The smallest absolute Gasteiger partial charge is 0.119 e. The number of benzene rings is 4. The molecule has 9 heteroatoms. The van der Waals surface area contributed by atoms with E-state index in [1.807, 2.05) is 69.6 Å². The van der Waals surface area contributed by atoms with Gasteiger partial charge in [0.2, 0.25) is 0 Å². The van der Waals surface area contributed by atoms with Gasteiger partial charge < -0.3 is 43.7 Å². The average molecular weight is 957 g/mol. The van der Waals surface area contributed by atoms with Crippen LogP contribution < -0.4 is 18.9 Å². The first kappa shape index (κ1) is 62.6. The zero-order valence-corrected chi connectivity index (χ0v) is 47.1. The fourth-order valence-electron chi connectivity index (χ4n) is 9.70. The molecule has 69 heavy (non-hydrogen) atoms. The van der Waals surface area contributed by atoms with E-state index in [1.165, 1.54) is 35.1 Å². The molecule has 0 amide bonds. The third kappa shape index (κ3) is 22.1. The quantitative estimate of drug-likeness (QED) is 0.0783. The average Bonchev–Trinajstić information content (AvgIpc) is 3.32. The molecule has 0 heterocycles. The normalized spacial score (nSPS) is 14.9. The van der Waals surface area contributed by atoms with Gasteiger partial charge >= 0.3 is 0 Å². The van der Waals surface area contributed by atoms with Crippen LogP contribution in [0.4, 0.5) is 0 Å². The maximum atomic E-state index is 10.9. The number of rotatable bonds is 23. The molecule has 390 valence electrons. The third-order valence-electron chi connectivity index (χ3n) is 13.1. The molecule has 0 aliphatic heterocycles. The largest absolute Gasteiger partial charge is 0.497 e. The Morgan fingerprint density at radius 1 is 0.536 bits per heavy atom. The van der Waals surface area contributed by atoms with E-state index < -0.39 is 5.60 Å². The van der Waals surface area contributed by atoms with Gasteiger partial charge in [0.1, 0.15) is 23.0 Å². The Morgan fingerprint density at radius 2 is 0.913 bits per heavy atom. The van der Waals surface area contributed by atoms with E-state index in [4.69, 9.17) is 18.9 Å². The van der Waals surface area contributed by atoms with Crippen LogP contribution in [-0.2, 0) is 5.60 Å². The Morgan fingerprint density at radius 3 is 1.28 bits per heavy atom. The second-order valence-electron chi connectivity index (χ2n) is 19.9. The van der Waals surface area contributed by atoms with Gasteiger partial charge in [0.15, 0.2) is 0 Å². The molecular weight excluding hydrogens is 857 g/mol. The number of ether oxygens (including phenoxy) is 4. The van der Waals surface area contributed by atoms with E-state index >= 15 is 0 Å². The Hall–Kier alpha value is -4.38. The molecule has 0 bridgehead atoms. The van der Waals surface area contributed by atoms with E-state index in [0.717, 1.165) is 54.7 Å². The molecule has 0 saturated heterocycles. The third-order valence-corrected chi connectivity index (χ3v) is 13.1. The first-order valence-corrected chi connectivity index (χ1v) is 25.2. The second-order valence-corrected chi connectivity index (χ2v) is 19.9. The maximum absolute atomic E-state index is 10.9. The van der Waals surface area contributed by atoms with Crippen LogP contribution in [0, 0.1) is 23.7 Å². The van der Waals surface area contributed by atoms with Gasteiger partial charge in [-0.3, -0.25) is 0 Å². The minimum Gasteiger partial charge on any atom is -0.497 e. The molecule has 0 spiro atoms. The molecule has 0 radical (unpaired) electrons. The molecule has 0 aromatic heterocycles. The maximum Gasteiger partial charge on any atom is 0.119 e. The van der Waals surface area contributed by atoms with Crippen LogP contribution in [0.15, 0.2) is 103 Å². The number of nitrogens with zero attached hydrogens (tertiary/aromatic N) is 4. The van der Waals surface area contributed by atoms with Crippen LogP contribution >= 0.6 is 0 Å². The van der Waals surface area contributed by atoms with Crippen LogP contribution in [0.5, 0.6) is 23.0 Å². The summed E-state index contributed by atoms with van der Waals surface area (Å²) in [7, 11) is 23.6. The lowest BCUT2D eigenvalue weighted by Crippen LogP contribution is -2.38. The highest BCUT2D eigenvalue weighted by atomic mass is 16.5. The number of allylic oxidation sites excluding steroid dienone is 1. The number of aliphatic hydroxyl groups is 1. The summed E-state index contributed by atoms with van der Waals surface area (Å²) in [6, 6.07) is 32.9. The van der Waals surface area contributed by atoms with Crippen molar-refractivity contribution in [3.05, 3.63) is 125 Å². The van der Waals surface area contributed by atoms with Crippen molar-refractivity contribution in [1.29, 1.82) is 0 Å². The predicted molar refractivity (Wildman–Crippen MR) is 299 cm³/mol. The van der Waals surface area contributed by atoms with Gasteiger partial charge in [-0.15, -0.1) is 0 Å². The summed E-state index contributed by atoms with van der Waals surface area (Å²) in [6.07, 6.45) is 5.22. The molecule has 1 N–H and O–H groups in total. The van der Waals surface area contributed by atoms with Crippen LogP contribution in [0.1, 0.15) is 110 Å². The monoisotopic (exact) mass is 957 g/mol. The van der Waals surface area contributed by atoms with Crippen molar-refractivity contribution >= 4 is 5.57 Å². The summed E-state index contributed by atoms with van der Waals surface area (Å²) in [5.74, 6) is 6.81. The van der Waals surface area contributed by atoms with Crippen LogP contribution in [-0.4, -0.2) is 136 Å². The van der Waals surface area contributed by atoms with Gasteiger partial charge in [0, 0.05) is 33.5 Å². The standard InChI is InChI=1S/C15H25NO2.2C15H25NO.C15H23NO.H2/c1-6-15(17,12(2)11-16(3)4)13-8-7-9-14(10-13)18-5;3*1-6-15(12(2)11-16(3)4)13-8-7-9-14(10-13)17-5;/h7-10,12,17H,6,11H2,1-5H3;2*7-10,12,15H,6,11H2,1-5H3;6-10,12H,11H2,1-5H3;1H/t2*12-,15?;12-,15+;12-;/m0000./s1. The first-order valence-electron chi connectivity index (χ1n) is 25.2. The van der Waals surface area contributed by atoms with Gasteiger partial charge in [-0.05, 0) is 189 Å². The van der Waals surface area contributed by atoms with Crippen molar-refractivity contribution in [2.24, 2.45) is 23.7 Å². The van der Waals surface area contributed by atoms with E-state index in [9.17, 15) is 5.11 Å². The molecule has 2 unspecified atom stereocenters. The molecule has 0 aliphatic rings. The van der Waals surface area contributed by atoms with E-state index in [-0.39, 0.29) is 7.34 Å². The van der Waals surface area contributed by atoms with Gasteiger partial charge in [-0.25, -0.2) is 0 Å². The molecule has 4 aromatic carbocycles. The lowest BCUT2D eigenvalue weighted by molar-refractivity contribution is -0.0293. The van der Waals surface area contributed by atoms with E-state index in [0.29, 0.717) is 36.0 Å². The van der Waals surface area contributed by atoms with Crippen LogP contribution in [0.2, 0.25) is 0 Å². The Labute approximate surface area is 424 Å². The van der Waals surface area contributed by atoms with E-state index in [1.54, 1.807) is 28.4 Å². The molecule has 0 saturated carbocycles. The SMILES string of the molecule is CC=C(c1cccc(OC)c1)[C@@H](C)CN(C)C.CCC(O)(c1cccc(OC)c1)[C@@H](C)CN(C)C.CCC(c1cccc(OC)c1)[C@@H](C)CN(C)C.CC[C@@H](c1cccc(OC)c1)[C@@H](C)CN(C)C.[HH]. The topological polar surface area (TPSA) is 70.1 Å². The van der Waals surface area contributed by atoms with Crippen molar-refractivity contribution in [1.82, 2.24) is 19.6 Å². The zero-order valence-electron chi connectivity index (χ0n) is 47.1. The molecule has 4 aromatic rings. The Bertz CT molecular complexity index is 1940. The van der Waals surface area contributed by atoms with Crippen molar-refractivity contribution in [3.8, 4) is 23.0 Å². The molecule has 4 rings (SSSR count). The summed E-state index contributed by atoms with van der Waals surface area (Å²) in [5, 5.41) is 10.9. The van der Waals surface area contributed by atoms with Crippen molar-refractivity contribution < 1.29 is 25.5 Å². The van der Waals surface area contributed by atoms with Crippen molar-refractivity contribution in [2.45, 2.75) is 92.1 Å². The van der Waals surface area contributed by atoms with Gasteiger partial charge in [-0.2, -0.15) is 0 Å². The van der Waals surface area contributed by atoms with Crippen LogP contribution in [0.3, 0.4) is 0 Å². The highest BCUT2D eigenvalue weighted by Crippen LogP contribution is 2.36. The lowest BCUT2D eigenvalue weighted by atomic mass is 9.80. The minimum absolute atomic E-state index is 0. The fourth-order valence-corrected chi connectivity index (χ4v) is 9.70. The summed E-state index contributed by atoms with van der Waals surface area (Å²) in [5.41, 5.74) is 5.53.